The van der Waals surface area contributed by atoms with Gasteiger partial charge in [-0.3, -0.25) is 4.79 Å². The number of halogens is 1. The van der Waals surface area contributed by atoms with Crippen LogP contribution in [0.15, 0.2) is 18.2 Å². The van der Waals surface area contributed by atoms with E-state index < -0.39 is 0 Å². The topological polar surface area (TPSA) is 35.5 Å². The van der Waals surface area contributed by atoms with Gasteiger partial charge in [0.05, 0.1) is 13.7 Å². The Hall–Kier alpha value is -1.58. The van der Waals surface area contributed by atoms with Gasteiger partial charge in [-0.15, -0.1) is 0 Å². The van der Waals surface area contributed by atoms with Crippen molar-refractivity contribution in [1.82, 2.24) is 0 Å². The average Bonchev–Trinajstić information content (AvgIpc) is 2.28. The van der Waals surface area contributed by atoms with Crippen molar-refractivity contribution in [3.05, 3.63) is 29.6 Å². The molecule has 1 aromatic carbocycles. The molecule has 0 aliphatic rings. The Morgan fingerprint density at radius 2 is 2.19 bits per heavy atom. The van der Waals surface area contributed by atoms with E-state index in [-0.39, 0.29) is 11.8 Å². The lowest BCUT2D eigenvalue weighted by Gasteiger charge is -2.06. The quantitative estimate of drug-likeness (QED) is 0.571. The van der Waals surface area contributed by atoms with Crippen molar-refractivity contribution in [3.63, 3.8) is 0 Å². The summed E-state index contributed by atoms with van der Waals surface area (Å²) in [5, 5.41) is 0. The fourth-order valence-corrected chi connectivity index (χ4v) is 1.22. The predicted molar refractivity (Wildman–Crippen MR) is 57.9 cm³/mol. The normalized spacial score (nSPS) is 9.94. The fourth-order valence-electron chi connectivity index (χ4n) is 1.22. The molecule has 0 heterocycles. The molecule has 0 fully saturated rings. The molecule has 0 unspecified atom stereocenters. The van der Waals surface area contributed by atoms with Crippen LogP contribution in [0.25, 0.3) is 0 Å². The number of esters is 1. The van der Waals surface area contributed by atoms with Crippen molar-refractivity contribution >= 4 is 5.97 Å². The largest absolute Gasteiger partial charge is 0.494 e. The molecule has 0 aliphatic heterocycles. The van der Waals surface area contributed by atoms with Gasteiger partial charge in [0.25, 0.3) is 0 Å². The molecule has 1 aromatic rings. The van der Waals surface area contributed by atoms with Crippen LogP contribution in [-0.4, -0.2) is 19.7 Å². The summed E-state index contributed by atoms with van der Waals surface area (Å²) < 4.78 is 22.8. The van der Waals surface area contributed by atoms with E-state index in [1.54, 1.807) is 19.1 Å². The minimum Gasteiger partial charge on any atom is -0.494 e. The van der Waals surface area contributed by atoms with E-state index in [1.807, 2.05) is 0 Å². The van der Waals surface area contributed by atoms with Gasteiger partial charge in [-0.25, -0.2) is 4.39 Å². The molecule has 0 radical (unpaired) electrons. The van der Waals surface area contributed by atoms with Crippen LogP contribution < -0.4 is 4.74 Å². The van der Waals surface area contributed by atoms with Gasteiger partial charge in [-0.05, 0) is 37.1 Å². The van der Waals surface area contributed by atoms with Gasteiger partial charge in [0.2, 0.25) is 0 Å². The van der Waals surface area contributed by atoms with Crippen LogP contribution >= 0.6 is 0 Å². The van der Waals surface area contributed by atoms with Gasteiger partial charge in [0.1, 0.15) is 11.6 Å². The van der Waals surface area contributed by atoms with Crippen LogP contribution in [0.5, 0.6) is 5.75 Å². The first kappa shape index (κ1) is 12.5. The van der Waals surface area contributed by atoms with E-state index >= 15 is 0 Å². The number of aryl methyl sites for hydroxylation is 1. The van der Waals surface area contributed by atoms with E-state index in [1.165, 1.54) is 13.2 Å². The number of methoxy groups -OCH3 is 1. The van der Waals surface area contributed by atoms with Gasteiger partial charge in [-0.2, -0.15) is 0 Å². The molecule has 0 amide bonds. The Morgan fingerprint density at radius 1 is 1.44 bits per heavy atom. The van der Waals surface area contributed by atoms with Gasteiger partial charge in [0, 0.05) is 6.42 Å². The molecule has 3 nitrogen and oxygen atoms in total. The van der Waals surface area contributed by atoms with E-state index in [9.17, 15) is 9.18 Å². The Bertz CT molecular complexity index is 363. The first-order valence-corrected chi connectivity index (χ1v) is 5.09. The summed E-state index contributed by atoms with van der Waals surface area (Å²) >= 11 is 0. The predicted octanol–water partition coefficient (Wildman–Crippen LogP) is 2.47. The van der Waals surface area contributed by atoms with Crippen molar-refractivity contribution in [2.75, 3.05) is 13.7 Å². The van der Waals surface area contributed by atoms with Crippen LogP contribution in [0.1, 0.15) is 18.4 Å². The van der Waals surface area contributed by atoms with E-state index in [4.69, 9.17) is 4.74 Å². The highest BCUT2D eigenvalue weighted by molar-refractivity contribution is 5.69. The van der Waals surface area contributed by atoms with Crippen molar-refractivity contribution in [2.45, 2.75) is 19.8 Å². The SMILES string of the molecule is COC(=O)CCCOc1ccc(F)c(C)c1. The third kappa shape index (κ3) is 3.88. The van der Waals surface area contributed by atoms with E-state index in [0.29, 0.717) is 30.8 Å². The Labute approximate surface area is 94.2 Å². The molecule has 0 aromatic heterocycles. The molecular weight excluding hydrogens is 211 g/mol. The zero-order valence-corrected chi connectivity index (χ0v) is 9.46. The average molecular weight is 226 g/mol. The van der Waals surface area contributed by atoms with Crippen LogP contribution in [0, 0.1) is 12.7 Å². The summed E-state index contributed by atoms with van der Waals surface area (Å²) in [5.74, 6) is 0.115. The maximum absolute atomic E-state index is 12.9. The number of rotatable bonds is 5. The first-order valence-electron chi connectivity index (χ1n) is 5.09. The highest BCUT2D eigenvalue weighted by atomic mass is 19.1. The molecule has 16 heavy (non-hydrogen) atoms. The number of carbonyl (C=O) groups excluding carboxylic acids is 1. The third-order valence-electron chi connectivity index (χ3n) is 2.15. The molecule has 0 saturated carbocycles. The molecule has 0 aliphatic carbocycles. The summed E-state index contributed by atoms with van der Waals surface area (Å²) in [6, 6.07) is 4.57. The molecule has 0 spiro atoms. The number of hydrogen-bond donors (Lipinski definition) is 0. The zero-order chi connectivity index (χ0) is 12.0. The molecule has 4 heteroatoms. The summed E-state index contributed by atoms with van der Waals surface area (Å²) in [4.78, 5) is 10.8. The minimum atomic E-state index is -0.251. The van der Waals surface area contributed by atoms with E-state index in [0.717, 1.165) is 0 Å². The molecule has 0 atom stereocenters. The lowest BCUT2D eigenvalue weighted by atomic mass is 10.2. The highest BCUT2D eigenvalue weighted by Gasteiger charge is 2.02. The maximum atomic E-state index is 12.9. The van der Waals surface area contributed by atoms with Gasteiger partial charge >= 0.3 is 5.97 Å². The number of carbonyl (C=O) groups is 1. The summed E-state index contributed by atoms with van der Waals surface area (Å²) in [7, 11) is 1.35. The lowest BCUT2D eigenvalue weighted by molar-refractivity contribution is -0.140. The molecule has 0 saturated heterocycles. The number of hydrogen-bond acceptors (Lipinski definition) is 3. The Kier molecular flexibility index (Phi) is 4.76. The summed E-state index contributed by atoms with van der Waals surface area (Å²) in [6.07, 6.45) is 0.916. The Morgan fingerprint density at radius 3 is 2.81 bits per heavy atom. The standard InChI is InChI=1S/C12H15FO3/c1-9-8-10(5-6-11(9)13)16-7-3-4-12(14)15-2/h5-6,8H,3-4,7H2,1-2H3. The molecule has 0 N–H and O–H groups in total. The highest BCUT2D eigenvalue weighted by Crippen LogP contribution is 2.16. The third-order valence-corrected chi connectivity index (χ3v) is 2.15. The summed E-state index contributed by atoms with van der Waals surface area (Å²) in [5.41, 5.74) is 0.547. The van der Waals surface area contributed by atoms with Crippen LogP contribution in [0.3, 0.4) is 0 Å². The summed E-state index contributed by atoms with van der Waals surface area (Å²) in [6.45, 7) is 2.09. The molecule has 88 valence electrons. The van der Waals surface area contributed by atoms with Crippen LogP contribution in [0.4, 0.5) is 4.39 Å². The smallest absolute Gasteiger partial charge is 0.305 e. The van der Waals surface area contributed by atoms with Crippen molar-refractivity contribution < 1.29 is 18.7 Å². The van der Waals surface area contributed by atoms with Gasteiger partial charge < -0.3 is 9.47 Å². The van der Waals surface area contributed by atoms with Crippen molar-refractivity contribution in [1.29, 1.82) is 0 Å². The minimum absolute atomic E-state index is 0.248. The van der Waals surface area contributed by atoms with Crippen LogP contribution in [0.2, 0.25) is 0 Å². The second-order valence-electron chi connectivity index (χ2n) is 3.44. The number of benzene rings is 1. The monoisotopic (exact) mass is 226 g/mol. The first-order chi connectivity index (χ1) is 7.63. The maximum Gasteiger partial charge on any atom is 0.305 e. The van der Waals surface area contributed by atoms with Crippen LogP contribution in [-0.2, 0) is 9.53 Å². The van der Waals surface area contributed by atoms with Gasteiger partial charge in [0.15, 0.2) is 0 Å². The van der Waals surface area contributed by atoms with Gasteiger partial charge in [-0.1, -0.05) is 0 Å². The molecular formula is C12H15FO3. The fraction of sp³-hybridized carbons (Fsp3) is 0.417. The number of ether oxygens (including phenoxy) is 2. The van der Waals surface area contributed by atoms with Crippen molar-refractivity contribution in [2.24, 2.45) is 0 Å². The van der Waals surface area contributed by atoms with Crippen molar-refractivity contribution in [3.8, 4) is 5.75 Å². The second-order valence-corrected chi connectivity index (χ2v) is 3.44. The molecule has 0 bridgehead atoms. The van der Waals surface area contributed by atoms with E-state index in [2.05, 4.69) is 4.74 Å². The molecule has 1 rings (SSSR count). The zero-order valence-electron chi connectivity index (χ0n) is 9.46. The second kappa shape index (κ2) is 6.10. The lowest BCUT2D eigenvalue weighted by Crippen LogP contribution is -2.04. The Balaban J connectivity index is 2.32.